The van der Waals surface area contributed by atoms with Crippen LogP contribution in [-0.4, -0.2) is 6.88 Å². The van der Waals surface area contributed by atoms with Crippen molar-refractivity contribution in [1.29, 1.82) is 0 Å². The third-order valence-electron chi connectivity index (χ3n) is 2.55. The van der Waals surface area contributed by atoms with E-state index >= 15 is 0 Å². The summed E-state index contributed by atoms with van der Waals surface area (Å²) in [7, 11) is 0. The number of aryl methyl sites for hydroxylation is 1. The van der Waals surface area contributed by atoms with Crippen LogP contribution in [0.4, 0.5) is 0 Å². The van der Waals surface area contributed by atoms with Gasteiger partial charge in [0.2, 0.25) is 0 Å². The van der Waals surface area contributed by atoms with Crippen molar-refractivity contribution >= 4 is 42.5 Å². The van der Waals surface area contributed by atoms with E-state index < -0.39 is 0 Å². The van der Waals surface area contributed by atoms with Crippen LogP contribution in [0.3, 0.4) is 0 Å². The van der Waals surface area contributed by atoms with Crippen molar-refractivity contribution < 1.29 is 23.3 Å². The summed E-state index contributed by atoms with van der Waals surface area (Å²) < 4.78 is 0. The zero-order valence-electron chi connectivity index (χ0n) is 12.3. The Labute approximate surface area is 148 Å². The summed E-state index contributed by atoms with van der Waals surface area (Å²) in [5.41, 5.74) is 2.83. The van der Waals surface area contributed by atoms with Crippen LogP contribution in [0.1, 0.15) is 30.9 Å². The molecule has 2 aromatic carbocycles. The summed E-state index contributed by atoms with van der Waals surface area (Å²) >= 11 is 1.36. The summed E-state index contributed by atoms with van der Waals surface area (Å²) in [6.45, 7) is 9.71. The molecule has 108 valence electrons. The third-order valence-corrected chi connectivity index (χ3v) is 2.55. The Bertz CT molecular complexity index is 452. The minimum absolute atomic E-state index is 0. The molecule has 0 atom stereocenters. The zero-order chi connectivity index (χ0) is 11.4. The van der Waals surface area contributed by atoms with Gasteiger partial charge in [-0.25, -0.2) is 0 Å². The van der Waals surface area contributed by atoms with E-state index in [1.807, 2.05) is 0 Å². The Morgan fingerprint density at radius 2 is 1.63 bits per heavy atom. The summed E-state index contributed by atoms with van der Waals surface area (Å²) in [5, 5.41) is 2.80. The standard InChI is InChI=1S/C13H15.2CH3.2ClH.Si.Zr/c1-9(2)12-6-4-5-11-7-10(3)8-13(11)12;;;;;;/h4-9H,1-3H3;2*1H3;2*1H;;/q3*-1;;;;. The van der Waals surface area contributed by atoms with Crippen molar-refractivity contribution in [3.63, 3.8) is 0 Å². The monoisotopic (exact) mass is 391 g/mol. The number of halogens is 2. The van der Waals surface area contributed by atoms with Gasteiger partial charge in [0.25, 0.3) is 0 Å². The molecule has 4 heteroatoms. The van der Waals surface area contributed by atoms with Crippen LogP contribution in [0.25, 0.3) is 10.8 Å². The van der Waals surface area contributed by atoms with Crippen molar-refractivity contribution in [2.45, 2.75) is 26.7 Å². The van der Waals surface area contributed by atoms with Crippen molar-refractivity contribution in [2.24, 2.45) is 0 Å². The first-order valence-electron chi connectivity index (χ1n) is 5.09. The van der Waals surface area contributed by atoms with Gasteiger partial charge in [0.05, 0.1) is 0 Å². The molecule has 0 nitrogen and oxygen atoms in total. The summed E-state index contributed by atoms with van der Waals surface area (Å²) in [5.74, 6) is 0.616. The summed E-state index contributed by atoms with van der Waals surface area (Å²) in [6, 6.07) is 11.1. The molecule has 0 aromatic heterocycles. The van der Waals surface area contributed by atoms with E-state index in [0.717, 1.165) is 0 Å². The Morgan fingerprint density at radius 3 is 2.11 bits per heavy atom. The van der Waals surface area contributed by atoms with E-state index in [-0.39, 0.29) is 39.7 Å². The number of fused-ring (bicyclic) bond motifs is 1. The molecule has 19 heavy (non-hydrogen) atoms. The molecule has 0 aliphatic rings. The molecule has 0 aliphatic heterocycles. The predicted molar refractivity (Wildman–Crippen MR) is 91.4 cm³/mol. The predicted octanol–water partition coefficient (Wildman–Crippen LogP) is 5.35. The molecule has 2 rings (SSSR count). The quantitative estimate of drug-likeness (QED) is 0.452. The third kappa shape index (κ3) is 7.18. The van der Waals surface area contributed by atoms with Crippen LogP contribution >= 0.6 is 24.8 Å². The van der Waals surface area contributed by atoms with E-state index in [1.165, 1.54) is 45.2 Å². The first kappa shape index (κ1) is 27.8. The van der Waals surface area contributed by atoms with E-state index in [2.05, 4.69) is 58.0 Å². The van der Waals surface area contributed by atoms with Crippen LogP contribution in [-0.2, 0) is 23.3 Å². The van der Waals surface area contributed by atoms with Crippen molar-refractivity contribution in [2.75, 3.05) is 0 Å². The first-order valence-corrected chi connectivity index (χ1v) is 9.28. The number of benzene rings is 1. The number of rotatable bonds is 1. The fourth-order valence-corrected chi connectivity index (χ4v) is 1.91. The molecule has 0 N–H and O–H groups in total. The SMILES string of the molecule is Cc1cc2c(C(C)C)cccc2[cH-]1.Cl.Cl.[CH3-].[CH3-].[Si]=[Zr]. The van der Waals surface area contributed by atoms with Crippen LogP contribution < -0.4 is 0 Å². The topological polar surface area (TPSA) is 0 Å². The van der Waals surface area contributed by atoms with Crippen LogP contribution in [0.5, 0.6) is 0 Å². The second-order valence-corrected chi connectivity index (χ2v) is 4.04. The van der Waals surface area contributed by atoms with Gasteiger partial charge >= 0.3 is 30.2 Å². The van der Waals surface area contributed by atoms with Gasteiger partial charge in [-0.05, 0) is 5.92 Å². The first-order chi connectivity index (χ1) is 7.18. The van der Waals surface area contributed by atoms with E-state index in [9.17, 15) is 0 Å². The average molecular weight is 394 g/mol. The molecular weight excluding hydrogens is 370 g/mol. The van der Waals surface area contributed by atoms with Gasteiger partial charge in [0.15, 0.2) is 0 Å². The maximum absolute atomic E-state index is 3.06. The van der Waals surface area contributed by atoms with Crippen molar-refractivity contribution in [3.8, 4) is 0 Å². The van der Waals surface area contributed by atoms with Gasteiger partial charge < -0.3 is 14.9 Å². The molecular formula is C15H23Cl2SiZr-3. The van der Waals surface area contributed by atoms with Gasteiger partial charge in [-0.3, -0.25) is 0 Å². The van der Waals surface area contributed by atoms with Gasteiger partial charge in [0.1, 0.15) is 0 Å². The second kappa shape index (κ2) is 13.5. The molecule has 0 amide bonds. The van der Waals surface area contributed by atoms with Gasteiger partial charge in [-0.1, -0.05) is 32.4 Å². The molecule has 2 aromatic rings. The Hall–Kier alpha value is 0.510. The van der Waals surface area contributed by atoms with Gasteiger partial charge in [0, 0.05) is 0 Å². The summed E-state index contributed by atoms with van der Waals surface area (Å²) in [4.78, 5) is 0. The van der Waals surface area contributed by atoms with Crippen molar-refractivity contribution in [1.82, 2.24) is 0 Å². The molecule has 0 heterocycles. The zero-order valence-corrected chi connectivity index (χ0v) is 17.4. The molecule has 0 unspecified atom stereocenters. The van der Waals surface area contributed by atoms with Crippen molar-refractivity contribution in [3.05, 3.63) is 56.3 Å². The maximum atomic E-state index is 3.06. The minimum atomic E-state index is 0. The molecule has 0 spiro atoms. The fraction of sp³-hybridized carbons (Fsp3) is 0.267. The summed E-state index contributed by atoms with van der Waals surface area (Å²) in [6.07, 6.45) is 0. The van der Waals surface area contributed by atoms with Crippen LogP contribution in [0.15, 0.2) is 30.3 Å². The number of hydrogen-bond acceptors (Lipinski definition) is 0. The van der Waals surface area contributed by atoms with Gasteiger partial charge in [-0.2, -0.15) is 6.07 Å². The Morgan fingerprint density at radius 1 is 1.11 bits per heavy atom. The van der Waals surface area contributed by atoms with Crippen LogP contribution in [0, 0.1) is 21.8 Å². The molecule has 0 saturated carbocycles. The van der Waals surface area contributed by atoms with Crippen LogP contribution in [0.2, 0.25) is 0 Å². The fourth-order valence-electron chi connectivity index (χ4n) is 1.91. The second-order valence-electron chi connectivity index (χ2n) is 4.04. The average Bonchev–Trinajstić information content (AvgIpc) is 2.60. The van der Waals surface area contributed by atoms with E-state index in [0.29, 0.717) is 5.92 Å². The Balaban J connectivity index is -0.000000179. The molecule has 0 aliphatic carbocycles. The van der Waals surface area contributed by atoms with E-state index in [4.69, 9.17) is 0 Å². The molecule has 0 bridgehead atoms. The molecule has 2 radical (unpaired) electrons. The number of hydrogen-bond donors (Lipinski definition) is 0. The van der Waals surface area contributed by atoms with E-state index in [1.54, 1.807) is 0 Å². The molecule has 0 fully saturated rings. The normalized spacial score (nSPS) is 7.95. The molecule has 0 saturated heterocycles. The van der Waals surface area contributed by atoms with Gasteiger partial charge in [-0.15, -0.1) is 59.3 Å². The Kier molecular flexibility index (Phi) is 19.7.